The predicted octanol–water partition coefficient (Wildman–Crippen LogP) is 3.34. The fourth-order valence-corrected chi connectivity index (χ4v) is 3.85. The number of nitrogens with one attached hydrogen (secondary N) is 1. The lowest BCUT2D eigenvalue weighted by Gasteiger charge is -2.40. The van der Waals surface area contributed by atoms with Crippen molar-refractivity contribution >= 4 is 5.78 Å². The molecule has 0 aromatic heterocycles. The summed E-state index contributed by atoms with van der Waals surface area (Å²) in [6, 6.07) is 9.62. The van der Waals surface area contributed by atoms with Crippen LogP contribution in [0.5, 0.6) is 23.0 Å². The summed E-state index contributed by atoms with van der Waals surface area (Å²) >= 11 is 0. The third-order valence-electron chi connectivity index (χ3n) is 5.43. The highest BCUT2D eigenvalue weighted by molar-refractivity contribution is 5.86. The third-order valence-corrected chi connectivity index (χ3v) is 5.43. The van der Waals surface area contributed by atoms with E-state index in [2.05, 4.69) is 5.32 Å². The number of Topliss-reactive ketones (excluding diaryl/α,β-unsaturated/α-hetero) is 1. The Labute approximate surface area is 158 Å². The lowest BCUT2D eigenvalue weighted by molar-refractivity contribution is -0.130. The minimum atomic E-state index is -0.417. The summed E-state index contributed by atoms with van der Waals surface area (Å²) in [5.74, 6) is 0.111. The van der Waals surface area contributed by atoms with E-state index in [0.29, 0.717) is 22.6 Å². The zero-order valence-electron chi connectivity index (χ0n) is 15.9. The molecule has 3 N–H and O–H groups in total. The Balaban J connectivity index is 2.05. The molecule has 6 nitrogen and oxygen atoms in total. The van der Waals surface area contributed by atoms with Gasteiger partial charge in [-0.15, -0.1) is 0 Å². The van der Waals surface area contributed by atoms with Crippen LogP contribution < -0.4 is 14.8 Å². The van der Waals surface area contributed by atoms with Gasteiger partial charge < -0.3 is 25.0 Å². The number of para-hydroxylation sites is 2. The van der Waals surface area contributed by atoms with Gasteiger partial charge in [0.2, 0.25) is 0 Å². The molecule has 0 spiro atoms. The maximum atomic E-state index is 13.0. The van der Waals surface area contributed by atoms with Gasteiger partial charge in [0, 0.05) is 35.0 Å². The molecule has 27 heavy (non-hydrogen) atoms. The zero-order chi connectivity index (χ0) is 19.7. The predicted molar refractivity (Wildman–Crippen MR) is 101 cm³/mol. The van der Waals surface area contributed by atoms with Gasteiger partial charge in [-0.2, -0.15) is 0 Å². The van der Waals surface area contributed by atoms with Crippen LogP contribution in [-0.2, 0) is 4.79 Å². The van der Waals surface area contributed by atoms with E-state index in [4.69, 9.17) is 9.47 Å². The number of hydrogen-bond donors (Lipinski definition) is 3. The second-order valence-electron chi connectivity index (χ2n) is 6.90. The molecule has 1 saturated heterocycles. The van der Waals surface area contributed by atoms with Crippen molar-refractivity contribution in [1.29, 1.82) is 0 Å². The number of phenolic OH excluding ortho intramolecular Hbond substituents is 2. The molecule has 0 radical (unpaired) electrons. The third kappa shape index (κ3) is 3.21. The van der Waals surface area contributed by atoms with E-state index in [1.54, 1.807) is 36.4 Å². The number of aromatic hydroxyl groups is 2. The van der Waals surface area contributed by atoms with E-state index < -0.39 is 12.1 Å². The summed E-state index contributed by atoms with van der Waals surface area (Å²) in [6.07, 6.45) is 0. The first-order valence-corrected chi connectivity index (χ1v) is 8.92. The number of carbonyl (C=O) groups excluding carboxylic acids is 1. The average Bonchev–Trinajstić information content (AvgIpc) is 2.68. The molecule has 0 saturated carbocycles. The number of ether oxygens (including phenoxy) is 2. The SMILES string of the molecule is COc1cccc([C@H]2N[C@@H](c3cccc(OC)c3O)[C@@H](C)C(=O)[C@H]2C)c1O. The molecule has 4 atom stereocenters. The molecule has 2 aromatic rings. The highest BCUT2D eigenvalue weighted by Gasteiger charge is 2.42. The van der Waals surface area contributed by atoms with Gasteiger partial charge in [-0.3, -0.25) is 4.79 Å². The molecule has 1 aliphatic rings. The highest BCUT2D eigenvalue weighted by Crippen LogP contribution is 2.45. The van der Waals surface area contributed by atoms with Crippen LogP contribution in [0.25, 0.3) is 0 Å². The number of piperidine rings is 1. The van der Waals surface area contributed by atoms with E-state index in [-0.39, 0.29) is 29.1 Å². The van der Waals surface area contributed by atoms with Crippen molar-refractivity contribution in [2.45, 2.75) is 25.9 Å². The van der Waals surface area contributed by atoms with Crippen LogP contribution in [0.2, 0.25) is 0 Å². The minimum absolute atomic E-state index is 0.0142. The molecule has 0 aliphatic carbocycles. The number of benzene rings is 2. The molecule has 0 amide bonds. The van der Waals surface area contributed by atoms with Crippen LogP contribution >= 0.6 is 0 Å². The Bertz CT molecular complexity index is 783. The fourth-order valence-electron chi connectivity index (χ4n) is 3.85. The lowest BCUT2D eigenvalue weighted by Crippen LogP contribution is -2.46. The number of methoxy groups -OCH3 is 2. The molecule has 3 rings (SSSR count). The summed E-state index contributed by atoms with van der Waals surface area (Å²) in [5.41, 5.74) is 1.18. The number of rotatable bonds is 4. The first kappa shape index (κ1) is 19.0. The second-order valence-corrected chi connectivity index (χ2v) is 6.90. The number of ketones is 1. The van der Waals surface area contributed by atoms with E-state index in [9.17, 15) is 15.0 Å². The standard InChI is InChI=1S/C21H25NO5/c1-11-17(13-7-5-9-15(26-3)20(13)24)22-18(12(2)19(11)23)14-8-6-10-16(27-4)21(14)25/h5-12,17-18,22,24-25H,1-4H3/t11-,12+,17-,18+. The minimum Gasteiger partial charge on any atom is -0.504 e. The van der Waals surface area contributed by atoms with E-state index in [0.717, 1.165) is 0 Å². The molecule has 1 aliphatic heterocycles. The normalized spacial score (nSPS) is 25.3. The average molecular weight is 371 g/mol. The highest BCUT2D eigenvalue weighted by atomic mass is 16.5. The van der Waals surface area contributed by atoms with Crippen molar-refractivity contribution < 1.29 is 24.5 Å². The van der Waals surface area contributed by atoms with Crippen molar-refractivity contribution in [2.75, 3.05) is 14.2 Å². The Morgan fingerprint density at radius 2 is 1.22 bits per heavy atom. The molecule has 2 aromatic carbocycles. The molecule has 1 heterocycles. The van der Waals surface area contributed by atoms with Crippen molar-refractivity contribution in [2.24, 2.45) is 11.8 Å². The summed E-state index contributed by atoms with van der Waals surface area (Å²) in [4.78, 5) is 13.0. The Morgan fingerprint density at radius 3 is 1.59 bits per heavy atom. The monoisotopic (exact) mass is 371 g/mol. The quantitative estimate of drug-likeness (QED) is 0.764. The van der Waals surface area contributed by atoms with Gasteiger partial charge in [0.1, 0.15) is 5.78 Å². The molecule has 6 heteroatoms. The van der Waals surface area contributed by atoms with Crippen molar-refractivity contribution in [3.05, 3.63) is 47.5 Å². The first-order chi connectivity index (χ1) is 12.9. The summed E-state index contributed by atoms with van der Waals surface area (Å²) in [7, 11) is 2.97. The van der Waals surface area contributed by atoms with E-state index >= 15 is 0 Å². The van der Waals surface area contributed by atoms with Gasteiger partial charge in [-0.1, -0.05) is 38.1 Å². The number of hydrogen-bond acceptors (Lipinski definition) is 6. The topological polar surface area (TPSA) is 88.0 Å². The summed E-state index contributed by atoms with van der Waals surface area (Å²) in [5, 5.41) is 24.6. The molecule has 0 unspecified atom stereocenters. The van der Waals surface area contributed by atoms with Crippen molar-refractivity contribution in [1.82, 2.24) is 5.32 Å². The molecule has 1 fully saturated rings. The Morgan fingerprint density at radius 1 is 0.815 bits per heavy atom. The van der Waals surface area contributed by atoms with E-state index in [1.165, 1.54) is 14.2 Å². The summed E-state index contributed by atoms with van der Waals surface area (Å²) < 4.78 is 10.4. The second kappa shape index (κ2) is 7.48. The van der Waals surface area contributed by atoms with Gasteiger partial charge in [0.05, 0.1) is 14.2 Å². The van der Waals surface area contributed by atoms with Crippen LogP contribution in [0.4, 0.5) is 0 Å². The largest absolute Gasteiger partial charge is 0.504 e. The van der Waals surface area contributed by atoms with Crippen LogP contribution in [-0.4, -0.2) is 30.2 Å². The van der Waals surface area contributed by atoms with Crippen LogP contribution in [0.1, 0.15) is 37.1 Å². The van der Waals surface area contributed by atoms with Crippen molar-refractivity contribution in [3.63, 3.8) is 0 Å². The Kier molecular flexibility index (Phi) is 5.28. The van der Waals surface area contributed by atoms with E-state index in [1.807, 2.05) is 13.8 Å². The number of carbonyl (C=O) groups is 1. The molecule has 0 bridgehead atoms. The number of phenols is 2. The van der Waals surface area contributed by atoms with Crippen molar-refractivity contribution in [3.8, 4) is 23.0 Å². The maximum absolute atomic E-state index is 13.0. The Hall–Kier alpha value is -2.73. The molecule has 144 valence electrons. The molecular formula is C21H25NO5. The van der Waals surface area contributed by atoms with Gasteiger partial charge in [-0.05, 0) is 12.1 Å². The van der Waals surface area contributed by atoms with Gasteiger partial charge in [0.15, 0.2) is 23.0 Å². The summed E-state index contributed by atoms with van der Waals surface area (Å²) in [6.45, 7) is 3.69. The first-order valence-electron chi connectivity index (χ1n) is 8.92. The lowest BCUT2D eigenvalue weighted by atomic mass is 9.76. The van der Waals surface area contributed by atoms with Crippen LogP contribution in [0.3, 0.4) is 0 Å². The van der Waals surface area contributed by atoms with Crippen LogP contribution in [0, 0.1) is 11.8 Å². The zero-order valence-corrected chi connectivity index (χ0v) is 15.9. The smallest absolute Gasteiger partial charge is 0.162 e. The van der Waals surface area contributed by atoms with Crippen LogP contribution in [0.15, 0.2) is 36.4 Å². The van der Waals surface area contributed by atoms with Gasteiger partial charge in [0.25, 0.3) is 0 Å². The van der Waals surface area contributed by atoms with Gasteiger partial charge in [-0.25, -0.2) is 0 Å². The maximum Gasteiger partial charge on any atom is 0.162 e. The fraction of sp³-hybridized carbons (Fsp3) is 0.381. The molecular weight excluding hydrogens is 346 g/mol. The van der Waals surface area contributed by atoms with Gasteiger partial charge >= 0.3 is 0 Å².